The Bertz CT molecular complexity index is 729. The maximum atomic E-state index is 11.8. The van der Waals surface area contributed by atoms with E-state index < -0.39 is 6.03 Å². The van der Waals surface area contributed by atoms with Gasteiger partial charge in [0.05, 0.1) is 25.4 Å². The first-order valence-electron chi connectivity index (χ1n) is 7.48. The number of hydrogen-bond acceptors (Lipinski definition) is 7. The van der Waals surface area contributed by atoms with E-state index >= 15 is 0 Å². The Morgan fingerprint density at radius 2 is 1.26 bits per heavy atom. The zero-order valence-corrected chi connectivity index (χ0v) is 15.4. The summed E-state index contributed by atoms with van der Waals surface area (Å²) in [6.07, 6.45) is 11.8. The molecule has 0 bridgehead atoms. The van der Waals surface area contributed by atoms with Crippen LogP contribution < -0.4 is 21.7 Å². The van der Waals surface area contributed by atoms with Crippen molar-refractivity contribution in [1.29, 1.82) is 0 Å². The van der Waals surface area contributed by atoms with Gasteiger partial charge in [-0.2, -0.15) is 0 Å². The van der Waals surface area contributed by atoms with E-state index in [-0.39, 0.29) is 39.8 Å². The zero-order chi connectivity index (χ0) is 18.9. The minimum atomic E-state index is -0.651. The normalized spacial score (nSPS) is 18.3. The fourth-order valence-electron chi connectivity index (χ4n) is 2.07. The molecule has 27 heavy (non-hydrogen) atoms. The topological polar surface area (TPSA) is 118 Å². The standard InChI is InChI=1S/C17H18N4O5.Cu/c1-25-15-7-3-5-13(22)11(15)9-18-20-17(24)21-19-10-12-14(23)6-4-8-16(12)26-2;/h3-10,18-19H,1-2H3,(H2,20,21,24);/b11-9+,12-10+;. The summed E-state index contributed by atoms with van der Waals surface area (Å²) in [5.41, 5.74) is 10.1. The van der Waals surface area contributed by atoms with Crippen molar-refractivity contribution < 1.29 is 40.9 Å². The van der Waals surface area contributed by atoms with Crippen LogP contribution in [-0.2, 0) is 36.1 Å². The molecule has 1 radical (unpaired) electrons. The molecule has 0 saturated carbocycles. The SMILES string of the molecule is COC1=CC=CC(=O)/C1=C\NNC(=O)NN/C=C1\C(=O)C=CC=C1OC.[Cu]. The predicted octanol–water partition coefficient (Wildman–Crippen LogP) is 0.399. The summed E-state index contributed by atoms with van der Waals surface area (Å²) in [4.78, 5) is 35.2. The molecular weight excluding hydrogens is 404 g/mol. The molecule has 0 atom stereocenters. The quantitative estimate of drug-likeness (QED) is 0.278. The first-order chi connectivity index (χ1) is 12.6. The minimum Gasteiger partial charge on any atom is -0.496 e. The molecule has 147 valence electrons. The average Bonchev–Trinajstić information content (AvgIpc) is 2.64. The summed E-state index contributed by atoms with van der Waals surface area (Å²) in [5.74, 6) is 0.227. The van der Waals surface area contributed by atoms with Crippen molar-refractivity contribution in [3.05, 3.63) is 71.5 Å². The largest absolute Gasteiger partial charge is 0.496 e. The van der Waals surface area contributed by atoms with Gasteiger partial charge in [-0.25, -0.2) is 4.79 Å². The van der Waals surface area contributed by atoms with Crippen LogP contribution in [0.4, 0.5) is 4.79 Å². The molecule has 2 amide bonds. The fraction of sp³-hybridized carbons (Fsp3) is 0.118. The Kier molecular flexibility index (Phi) is 8.64. The van der Waals surface area contributed by atoms with E-state index in [2.05, 4.69) is 21.7 Å². The molecule has 0 aliphatic heterocycles. The van der Waals surface area contributed by atoms with Crippen LogP contribution in [0.25, 0.3) is 0 Å². The molecule has 0 fully saturated rings. The third-order valence-electron chi connectivity index (χ3n) is 3.30. The van der Waals surface area contributed by atoms with E-state index in [0.717, 1.165) is 0 Å². The number of carbonyl (C=O) groups excluding carboxylic acids is 3. The Hall–Kier alpha value is -3.23. The van der Waals surface area contributed by atoms with E-state index in [1.807, 2.05) is 0 Å². The van der Waals surface area contributed by atoms with E-state index in [1.54, 1.807) is 24.3 Å². The van der Waals surface area contributed by atoms with Gasteiger partial charge in [0.1, 0.15) is 11.5 Å². The summed E-state index contributed by atoms with van der Waals surface area (Å²) in [7, 11) is 2.88. The van der Waals surface area contributed by atoms with Crippen molar-refractivity contribution in [3.63, 3.8) is 0 Å². The van der Waals surface area contributed by atoms with Gasteiger partial charge in [0.15, 0.2) is 11.6 Å². The van der Waals surface area contributed by atoms with Crippen LogP contribution in [-0.4, -0.2) is 31.8 Å². The summed E-state index contributed by atoms with van der Waals surface area (Å²) < 4.78 is 10.1. The van der Waals surface area contributed by atoms with E-state index in [0.29, 0.717) is 11.5 Å². The number of ketones is 2. The molecular formula is C17H18CuN4O5. The Balaban J connectivity index is 0.00000364. The molecule has 2 aliphatic rings. The number of urea groups is 1. The van der Waals surface area contributed by atoms with Gasteiger partial charge >= 0.3 is 6.03 Å². The van der Waals surface area contributed by atoms with Gasteiger partial charge in [0.25, 0.3) is 0 Å². The number of hydrogen-bond donors (Lipinski definition) is 4. The third-order valence-corrected chi connectivity index (χ3v) is 3.30. The second-order valence-electron chi connectivity index (χ2n) is 4.90. The number of ether oxygens (including phenoxy) is 2. The van der Waals surface area contributed by atoms with E-state index in [4.69, 9.17) is 9.47 Å². The maximum absolute atomic E-state index is 11.8. The maximum Gasteiger partial charge on any atom is 0.351 e. The molecule has 9 nitrogen and oxygen atoms in total. The van der Waals surface area contributed by atoms with Crippen LogP contribution in [0.1, 0.15) is 0 Å². The molecule has 0 aromatic rings. The number of carbonyl (C=O) groups is 3. The molecule has 2 aliphatic carbocycles. The van der Waals surface area contributed by atoms with E-state index in [1.165, 1.54) is 38.8 Å². The summed E-state index contributed by atoms with van der Waals surface area (Å²) in [6, 6.07) is -0.651. The number of rotatable bonds is 6. The van der Waals surface area contributed by atoms with E-state index in [9.17, 15) is 14.4 Å². The molecule has 0 unspecified atom stereocenters. The summed E-state index contributed by atoms with van der Waals surface area (Å²) >= 11 is 0. The van der Waals surface area contributed by atoms with Gasteiger partial charge in [-0.05, 0) is 24.3 Å². The number of methoxy groups -OCH3 is 2. The van der Waals surface area contributed by atoms with Gasteiger partial charge in [-0.3, -0.25) is 20.4 Å². The van der Waals surface area contributed by atoms with Crippen LogP contribution in [0, 0.1) is 0 Å². The second-order valence-corrected chi connectivity index (χ2v) is 4.90. The third kappa shape index (κ3) is 5.91. The smallest absolute Gasteiger partial charge is 0.351 e. The number of hydrazine groups is 2. The van der Waals surface area contributed by atoms with Crippen LogP contribution in [0.3, 0.4) is 0 Å². The molecule has 0 aromatic heterocycles. The van der Waals surface area contributed by atoms with Crippen molar-refractivity contribution in [3.8, 4) is 0 Å². The van der Waals surface area contributed by atoms with Crippen molar-refractivity contribution in [2.45, 2.75) is 0 Å². The minimum absolute atomic E-state index is 0. The van der Waals surface area contributed by atoms with Gasteiger partial charge < -0.3 is 20.3 Å². The molecule has 0 heterocycles. The van der Waals surface area contributed by atoms with Crippen molar-refractivity contribution >= 4 is 17.6 Å². The molecule has 0 aromatic carbocycles. The predicted molar refractivity (Wildman–Crippen MR) is 92.6 cm³/mol. The van der Waals surface area contributed by atoms with Gasteiger partial charge in [-0.15, -0.1) is 0 Å². The molecule has 10 heteroatoms. The molecule has 2 rings (SSSR count). The molecule has 0 spiro atoms. The van der Waals surface area contributed by atoms with Crippen LogP contribution >= 0.6 is 0 Å². The number of allylic oxidation sites excluding steroid dienone is 8. The number of amides is 2. The molecule has 0 saturated heterocycles. The Labute approximate surface area is 166 Å². The average molecular weight is 422 g/mol. The van der Waals surface area contributed by atoms with Crippen molar-refractivity contribution in [1.82, 2.24) is 21.7 Å². The Morgan fingerprint density at radius 1 is 0.852 bits per heavy atom. The first kappa shape index (κ1) is 21.8. The fourth-order valence-corrected chi connectivity index (χ4v) is 2.07. The Morgan fingerprint density at radius 3 is 1.63 bits per heavy atom. The number of nitrogens with one attached hydrogen (secondary N) is 4. The van der Waals surface area contributed by atoms with Gasteiger partial charge in [-0.1, -0.05) is 12.2 Å². The summed E-state index contributed by atoms with van der Waals surface area (Å²) in [6.45, 7) is 0. The monoisotopic (exact) mass is 421 g/mol. The van der Waals surface area contributed by atoms with Crippen LogP contribution in [0.15, 0.2) is 71.5 Å². The summed E-state index contributed by atoms with van der Waals surface area (Å²) in [5, 5.41) is 0. The second kappa shape index (κ2) is 10.7. The van der Waals surface area contributed by atoms with Gasteiger partial charge in [0, 0.05) is 29.5 Å². The molecule has 4 N–H and O–H groups in total. The van der Waals surface area contributed by atoms with Crippen LogP contribution in [0.2, 0.25) is 0 Å². The van der Waals surface area contributed by atoms with Crippen molar-refractivity contribution in [2.24, 2.45) is 0 Å². The van der Waals surface area contributed by atoms with Gasteiger partial charge in [0.2, 0.25) is 0 Å². The van der Waals surface area contributed by atoms with Crippen molar-refractivity contribution in [2.75, 3.05) is 14.2 Å². The first-order valence-corrected chi connectivity index (χ1v) is 7.48. The zero-order valence-electron chi connectivity index (χ0n) is 14.5. The van der Waals surface area contributed by atoms with Crippen LogP contribution in [0.5, 0.6) is 0 Å².